The molecule has 1 atom stereocenters. The quantitative estimate of drug-likeness (QED) is 0.823. The minimum Gasteiger partial charge on any atom is -0.476 e. The number of ether oxygens (including phenoxy) is 2. The average Bonchev–Trinajstić information content (AvgIpc) is 2.48. The first kappa shape index (κ1) is 17.0. The van der Waals surface area contributed by atoms with Gasteiger partial charge in [-0.3, -0.25) is 0 Å². The van der Waals surface area contributed by atoms with Crippen LogP contribution >= 0.6 is 11.6 Å². The van der Waals surface area contributed by atoms with E-state index in [0.717, 1.165) is 24.3 Å². The molecule has 0 radical (unpaired) electrons. The van der Waals surface area contributed by atoms with Crippen molar-refractivity contribution in [3.8, 4) is 11.5 Å². The van der Waals surface area contributed by atoms with Gasteiger partial charge in [0.15, 0.2) is 0 Å². The first-order valence-electron chi connectivity index (χ1n) is 6.24. The summed E-state index contributed by atoms with van der Waals surface area (Å²) in [6, 6.07) is 9.48. The number of hydrogen-bond donors (Lipinski definition) is 1. The van der Waals surface area contributed by atoms with Crippen molar-refractivity contribution in [2.24, 2.45) is 0 Å². The Labute approximate surface area is 134 Å². The van der Waals surface area contributed by atoms with Gasteiger partial charge in [0.1, 0.15) is 11.5 Å². The minimum absolute atomic E-state index is 0.0700. The Bertz CT molecular complexity index is 669. The highest BCUT2D eigenvalue weighted by molar-refractivity contribution is 6.30. The van der Waals surface area contributed by atoms with Gasteiger partial charge in [0.25, 0.3) is 0 Å². The lowest BCUT2D eigenvalue weighted by Crippen LogP contribution is -2.33. The fourth-order valence-corrected chi connectivity index (χ4v) is 1.73. The Balaban J connectivity index is 2.10. The molecule has 8 heteroatoms. The number of alkyl halides is 3. The molecule has 0 fully saturated rings. The van der Waals surface area contributed by atoms with Crippen LogP contribution in [-0.4, -0.2) is 17.4 Å². The molecule has 0 spiro atoms. The maximum atomic E-state index is 12.5. The lowest BCUT2D eigenvalue weighted by atomic mass is 10.2. The monoisotopic (exact) mass is 346 g/mol. The van der Waals surface area contributed by atoms with Crippen LogP contribution in [0.15, 0.2) is 48.5 Å². The van der Waals surface area contributed by atoms with E-state index in [4.69, 9.17) is 26.2 Å². The number of carboxylic acids is 1. The maximum Gasteiger partial charge on any atom is 0.416 e. The van der Waals surface area contributed by atoms with E-state index in [1.165, 1.54) is 24.3 Å². The number of carboxylic acid groups (broad SMARTS) is 1. The van der Waals surface area contributed by atoms with Crippen molar-refractivity contribution < 1.29 is 32.5 Å². The predicted molar refractivity (Wildman–Crippen MR) is 75.6 cm³/mol. The second kappa shape index (κ2) is 6.78. The van der Waals surface area contributed by atoms with Crippen molar-refractivity contribution in [3.63, 3.8) is 0 Å². The molecule has 122 valence electrons. The summed E-state index contributed by atoms with van der Waals surface area (Å²) >= 11 is 5.70. The summed E-state index contributed by atoms with van der Waals surface area (Å²) in [5.74, 6) is -1.31. The Morgan fingerprint density at radius 3 is 1.78 bits per heavy atom. The topological polar surface area (TPSA) is 55.8 Å². The first-order chi connectivity index (χ1) is 10.8. The Morgan fingerprint density at radius 2 is 1.39 bits per heavy atom. The molecule has 4 nitrogen and oxygen atoms in total. The molecule has 0 heterocycles. The molecule has 0 amide bonds. The molecule has 1 N–H and O–H groups in total. The van der Waals surface area contributed by atoms with Crippen LogP contribution in [0.5, 0.6) is 11.5 Å². The smallest absolute Gasteiger partial charge is 0.416 e. The zero-order valence-electron chi connectivity index (χ0n) is 11.4. The van der Waals surface area contributed by atoms with Crippen molar-refractivity contribution >= 4 is 17.6 Å². The van der Waals surface area contributed by atoms with Crippen LogP contribution in [0, 0.1) is 0 Å². The Morgan fingerprint density at radius 1 is 0.957 bits per heavy atom. The zero-order valence-corrected chi connectivity index (χ0v) is 12.1. The van der Waals surface area contributed by atoms with E-state index in [1.807, 2.05) is 0 Å². The summed E-state index contributed by atoms with van der Waals surface area (Å²) < 4.78 is 47.6. The number of benzene rings is 2. The van der Waals surface area contributed by atoms with Gasteiger partial charge in [-0.1, -0.05) is 11.6 Å². The van der Waals surface area contributed by atoms with Gasteiger partial charge in [-0.05, 0) is 48.5 Å². The van der Waals surface area contributed by atoms with Crippen LogP contribution in [0.4, 0.5) is 13.2 Å². The second-order valence-corrected chi connectivity index (χ2v) is 4.82. The van der Waals surface area contributed by atoms with Crippen molar-refractivity contribution in [2.75, 3.05) is 0 Å². The third-order valence-corrected chi connectivity index (χ3v) is 2.94. The van der Waals surface area contributed by atoms with Crippen LogP contribution in [0.3, 0.4) is 0 Å². The van der Waals surface area contributed by atoms with E-state index in [1.54, 1.807) is 0 Å². The lowest BCUT2D eigenvalue weighted by Gasteiger charge is -2.17. The first-order valence-corrected chi connectivity index (χ1v) is 6.62. The maximum absolute atomic E-state index is 12.5. The molecule has 0 saturated carbocycles. The highest BCUT2D eigenvalue weighted by atomic mass is 35.5. The third-order valence-electron chi connectivity index (χ3n) is 2.68. The van der Waals surface area contributed by atoms with E-state index in [2.05, 4.69) is 0 Å². The van der Waals surface area contributed by atoms with E-state index in [-0.39, 0.29) is 11.5 Å². The van der Waals surface area contributed by atoms with Crippen molar-refractivity contribution in [2.45, 2.75) is 12.5 Å². The number of carbonyl (C=O) groups is 1. The molecular formula is C15H10ClF3O4. The summed E-state index contributed by atoms with van der Waals surface area (Å²) in [5, 5.41) is 9.52. The number of halogens is 4. The van der Waals surface area contributed by atoms with Gasteiger partial charge in [0.05, 0.1) is 5.56 Å². The Kier molecular flexibility index (Phi) is 5.00. The summed E-state index contributed by atoms with van der Waals surface area (Å²) in [4.78, 5) is 11.1. The fourth-order valence-electron chi connectivity index (χ4n) is 1.61. The van der Waals surface area contributed by atoms with Gasteiger partial charge < -0.3 is 14.6 Å². The van der Waals surface area contributed by atoms with E-state index >= 15 is 0 Å². The summed E-state index contributed by atoms with van der Waals surface area (Å²) in [6.07, 6.45) is -6.20. The Hall–Kier alpha value is -2.41. The van der Waals surface area contributed by atoms with Gasteiger partial charge in [0.2, 0.25) is 0 Å². The third kappa shape index (κ3) is 4.79. The van der Waals surface area contributed by atoms with Gasteiger partial charge in [-0.2, -0.15) is 13.2 Å². The molecule has 23 heavy (non-hydrogen) atoms. The second-order valence-electron chi connectivity index (χ2n) is 4.38. The molecule has 0 bridgehead atoms. The molecule has 2 aromatic rings. The summed E-state index contributed by atoms with van der Waals surface area (Å²) in [7, 11) is 0. The van der Waals surface area contributed by atoms with Gasteiger partial charge in [0, 0.05) is 5.02 Å². The number of rotatable bonds is 5. The largest absolute Gasteiger partial charge is 0.476 e. The lowest BCUT2D eigenvalue weighted by molar-refractivity contribution is -0.158. The standard InChI is InChI=1S/C15H10ClF3O4/c16-10-3-7-12(8-4-10)23-14(13(20)21)22-11-5-1-9(2-6-11)15(17,18)19/h1-8,14H,(H,20,21). The average molecular weight is 347 g/mol. The van der Waals surface area contributed by atoms with Gasteiger partial charge >= 0.3 is 18.4 Å². The molecule has 0 aliphatic carbocycles. The van der Waals surface area contributed by atoms with Crippen molar-refractivity contribution in [1.82, 2.24) is 0 Å². The normalized spacial score (nSPS) is 12.5. The van der Waals surface area contributed by atoms with E-state index in [0.29, 0.717) is 5.02 Å². The van der Waals surface area contributed by atoms with Crippen LogP contribution in [-0.2, 0) is 11.0 Å². The van der Waals surface area contributed by atoms with Crippen molar-refractivity contribution in [3.05, 3.63) is 59.1 Å². The highest BCUT2D eigenvalue weighted by Crippen LogP contribution is 2.30. The molecule has 0 aromatic heterocycles. The van der Waals surface area contributed by atoms with E-state index in [9.17, 15) is 18.0 Å². The van der Waals surface area contributed by atoms with Crippen LogP contribution < -0.4 is 9.47 Å². The zero-order chi connectivity index (χ0) is 17.0. The molecule has 2 rings (SSSR count). The summed E-state index contributed by atoms with van der Waals surface area (Å²) in [6.45, 7) is 0. The molecule has 0 aliphatic heterocycles. The number of hydrogen-bond acceptors (Lipinski definition) is 3. The molecule has 1 unspecified atom stereocenters. The van der Waals surface area contributed by atoms with Crippen LogP contribution in [0.2, 0.25) is 5.02 Å². The SMILES string of the molecule is O=C(O)C(Oc1ccc(Cl)cc1)Oc1ccc(C(F)(F)F)cc1. The number of aliphatic carboxylic acids is 1. The molecule has 2 aromatic carbocycles. The molecule has 0 aliphatic rings. The van der Waals surface area contributed by atoms with E-state index < -0.39 is 24.0 Å². The molecular weight excluding hydrogens is 337 g/mol. The van der Waals surface area contributed by atoms with Gasteiger partial charge in [-0.25, -0.2) is 4.79 Å². The van der Waals surface area contributed by atoms with Crippen molar-refractivity contribution in [1.29, 1.82) is 0 Å². The predicted octanol–water partition coefficient (Wildman–Crippen LogP) is 4.23. The minimum atomic E-state index is -4.48. The summed E-state index contributed by atoms with van der Waals surface area (Å²) in [5.41, 5.74) is -0.865. The van der Waals surface area contributed by atoms with Crippen LogP contribution in [0.1, 0.15) is 5.56 Å². The van der Waals surface area contributed by atoms with Gasteiger partial charge in [-0.15, -0.1) is 0 Å². The fraction of sp³-hybridized carbons (Fsp3) is 0.133. The van der Waals surface area contributed by atoms with Crippen LogP contribution in [0.25, 0.3) is 0 Å². The molecule has 0 saturated heterocycles. The highest BCUT2D eigenvalue weighted by Gasteiger charge is 2.30.